The first-order chi connectivity index (χ1) is 7.77. The number of quaternary nitrogens is 1. The molecule has 1 aromatic rings. The van der Waals surface area contributed by atoms with Gasteiger partial charge in [-0.3, -0.25) is 4.48 Å². The largest absolute Gasteiger partial charge is 0.390 e. The van der Waals surface area contributed by atoms with E-state index in [1.165, 1.54) is 5.56 Å². The van der Waals surface area contributed by atoms with Gasteiger partial charge in [-0.1, -0.05) is 30.3 Å². The van der Waals surface area contributed by atoms with E-state index in [4.69, 9.17) is 0 Å². The van der Waals surface area contributed by atoms with E-state index < -0.39 is 0 Å². The van der Waals surface area contributed by atoms with Gasteiger partial charge in [-0.15, -0.1) is 0 Å². The van der Waals surface area contributed by atoms with Gasteiger partial charge in [-0.25, -0.2) is 4.99 Å². The van der Waals surface area contributed by atoms with Gasteiger partial charge < -0.3 is 5.11 Å². The Bertz CT molecular complexity index is 375. The first-order valence-corrected chi connectivity index (χ1v) is 5.79. The molecule has 0 radical (unpaired) electrons. The number of aliphatic hydroxyl groups excluding tert-OH is 1. The third-order valence-corrected chi connectivity index (χ3v) is 3.41. The number of hydrogen-bond donors (Lipinski definition) is 1. The first kappa shape index (κ1) is 11.3. The quantitative estimate of drug-likeness (QED) is 0.763. The third kappa shape index (κ3) is 2.15. The highest BCUT2D eigenvalue weighted by atomic mass is 16.3. The minimum absolute atomic E-state index is 0.222. The van der Waals surface area contributed by atoms with E-state index in [1.807, 2.05) is 6.07 Å². The van der Waals surface area contributed by atoms with Gasteiger partial charge in [0.05, 0.1) is 13.2 Å². The van der Waals surface area contributed by atoms with Crippen LogP contribution < -0.4 is 0 Å². The van der Waals surface area contributed by atoms with E-state index in [9.17, 15) is 5.11 Å². The summed E-state index contributed by atoms with van der Waals surface area (Å²) in [6.07, 6.45) is 0. The zero-order chi connectivity index (χ0) is 11.4. The molecule has 1 aliphatic rings. The maximum Gasteiger partial charge on any atom is 0.195 e. The van der Waals surface area contributed by atoms with Gasteiger partial charge in [0.25, 0.3) is 0 Å². The van der Waals surface area contributed by atoms with Crippen molar-refractivity contribution in [2.75, 3.05) is 26.2 Å². The summed E-state index contributed by atoms with van der Waals surface area (Å²) in [5.74, 6) is 1.15. The standard InChI is InChI=1S/C13H19N2O/c1-12-14-7-8-15(12,9-10-16)11-13-5-3-2-4-6-13/h2-6,16H,7-11H2,1H3/q+1. The van der Waals surface area contributed by atoms with Crippen molar-refractivity contribution in [3.63, 3.8) is 0 Å². The van der Waals surface area contributed by atoms with Crippen LogP contribution in [0.15, 0.2) is 35.3 Å². The molecule has 1 N–H and O–H groups in total. The van der Waals surface area contributed by atoms with Crippen molar-refractivity contribution in [3.05, 3.63) is 35.9 Å². The van der Waals surface area contributed by atoms with Crippen molar-refractivity contribution in [1.29, 1.82) is 0 Å². The molecule has 3 heteroatoms. The van der Waals surface area contributed by atoms with Crippen LogP contribution in [0.3, 0.4) is 0 Å². The van der Waals surface area contributed by atoms with Crippen LogP contribution in [0.25, 0.3) is 0 Å². The molecule has 16 heavy (non-hydrogen) atoms. The van der Waals surface area contributed by atoms with Crippen LogP contribution in [0.4, 0.5) is 0 Å². The Balaban J connectivity index is 2.19. The average molecular weight is 219 g/mol. The van der Waals surface area contributed by atoms with Crippen molar-refractivity contribution in [3.8, 4) is 0 Å². The molecule has 0 spiro atoms. The highest BCUT2D eigenvalue weighted by Crippen LogP contribution is 2.19. The summed E-state index contributed by atoms with van der Waals surface area (Å²) >= 11 is 0. The van der Waals surface area contributed by atoms with Crippen LogP contribution >= 0.6 is 0 Å². The second kappa shape index (κ2) is 4.76. The van der Waals surface area contributed by atoms with Gasteiger partial charge in [0.2, 0.25) is 0 Å². The second-order valence-electron chi connectivity index (χ2n) is 4.39. The Morgan fingerprint density at radius 3 is 2.62 bits per heavy atom. The molecule has 1 aliphatic heterocycles. The summed E-state index contributed by atoms with van der Waals surface area (Å²) in [5, 5.41) is 9.22. The number of amidine groups is 1. The Morgan fingerprint density at radius 1 is 1.31 bits per heavy atom. The van der Waals surface area contributed by atoms with E-state index in [0.717, 1.165) is 36.5 Å². The molecule has 0 aromatic heterocycles. The molecule has 1 unspecified atom stereocenters. The van der Waals surface area contributed by atoms with Crippen LogP contribution in [0.5, 0.6) is 0 Å². The summed E-state index contributed by atoms with van der Waals surface area (Å²) in [6.45, 7) is 5.91. The molecule has 2 rings (SSSR count). The Labute approximate surface area is 96.6 Å². The van der Waals surface area contributed by atoms with Crippen LogP contribution in [0, 0.1) is 0 Å². The number of nitrogens with zero attached hydrogens (tertiary/aromatic N) is 2. The SMILES string of the molecule is CC1=NCC[N+]1(CCO)Cc1ccccc1. The molecule has 1 heterocycles. The molecular weight excluding hydrogens is 200 g/mol. The maximum atomic E-state index is 9.22. The topological polar surface area (TPSA) is 32.6 Å². The van der Waals surface area contributed by atoms with Crippen molar-refractivity contribution >= 4 is 5.84 Å². The predicted octanol–water partition coefficient (Wildman–Crippen LogP) is 1.43. The molecule has 0 saturated carbocycles. The summed E-state index contributed by atoms with van der Waals surface area (Å²) < 4.78 is 0.820. The highest BCUT2D eigenvalue weighted by Gasteiger charge is 2.34. The van der Waals surface area contributed by atoms with E-state index in [-0.39, 0.29) is 6.61 Å². The van der Waals surface area contributed by atoms with Crippen molar-refractivity contribution in [2.24, 2.45) is 4.99 Å². The number of rotatable bonds is 4. The molecule has 1 aromatic carbocycles. The summed E-state index contributed by atoms with van der Waals surface area (Å²) in [6, 6.07) is 10.4. The van der Waals surface area contributed by atoms with Gasteiger partial charge >= 0.3 is 0 Å². The minimum Gasteiger partial charge on any atom is -0.390 e. The molecular formula is C13H19N2O+. The predicted molar refractivity (Wildman–Crippen MR) is 65.2 cm³/mol. The molecule has 0 bridgehead atoms. The Morgan fingerprint density at radius 2 is 2.06 bits per heavy atom. The van der Waals surface area contributed by atoms with Crippen molar-refractivity contribution in [2.45, 2.75) is 13.5 Å². The van der Waals surface area contributed by atoms with E-state index in [1.54, 1.807) is 0 Å². The number of aliphatic hydroxyl groups is 1. The highest BCUT2D eigenvalue weighted by molar-refractivity contribution is 5.74. The second-order valence-corrected chi connectivity index (χ2v) is 4.39. The molecule has 0 saturated heterocycles. The zero-order valence-electron chi connectivity index (χ0n) is 9.76. The number of hydrogen-bond acceptors (Lipinski definition) is 2. The number of aliphatic imine (C=N–C) groups is 1. The van der Waals surface area contributed by atoms with E-state index >= 15 is 0 Å². The average Bonchev–Trinajstić information content (AvgIpc) is 2.62. The van der Waals surface area contributed by atoms with Gasteiger partial charge in [0.15, 0.2) is 5.84 Å². The zero-order valence-corrected chi connectivity index (χ0v) is 9.76. The van der Waals surface area contributed by atoms with Crippen LogP contribution in [-0.4, -0.2) is 41.7 Å². The Kier molecular flexibility index (Phi) is 3.36. The Hall–Kier alpha value is -1.19. The molecule has 86 valence electrons. The van der Waals surface area contributed by atoms with Crippen molar-refractivity contribution in [1.82, 2.24) is 0 Å². The monoisotopic (exact) mass is 219 g/mol. The van der Waals surface area contributed by atoms with Gasteiger partial charge in [-0.05, 0) is 0 Å². The lowest BCUT2D eigenvalue weighted by molar-refractivity contribution is -0.849. The van der Waals surface area contributed by atoms with Crippen LogP contribution in [-0.2, 0) is 6.54 Å². The molecule has 0 amide bonds. The third-order valence-electron chi connectivity index (χ3n) is 3.41. The van der Waals surface area contributed by atoms with Gasteiger partial charge in [-0.2, -0.15) is 0 Å². The maximum absolute atomic E-state index is 9.22. The molecule has 1 atom stereocenters. The lowest BCUT2D eigenvalue weighted by Gasteiger charge is -2.33. The lowest BCUT2D eigenvalue weighted by atomic mass is 10.2. The fourth-order valence-corrected chi connectivity index (χ4v) is 2.39. The fourth-order valence-electron chi connectivity index (χ4n) is 2.39. The molecule has 0 fully saturated rings. The van der Waals surface area contributed by atoms with E-state index in [0.29, 0.717) is 0 Å². The normalized spacial score (nSPS) is 24.5. The lowest BCUT2D eigenvalue weighted by Crippen LogP contribution is -2.50. The van der Waals surface area contributed by atoms with Gasteiger partial charge in [0, 0.05) is 12.5 Å². The van der Waals surface area contributed by atoms with Crippen LogP contribution in [0.1, 0.15) is 12.5 Å². The minimum atomic E-state index is 0.222. The molecule has 3 nitrogen and oxygen atoms in total. The molecule has 0 aliphatic carbocycles. The van der Waals surface area contributed by atoms with Crippen LogP contribution in [0.2, 0.25) is 0 Å². The van der Waals surface area contributed by atoms with Crippen molar-refractivity contribution < 1.29 is 9.59 Å². The summed E-state index contributed by atoms with van der Waals surface area (Å²) in [5.41, 5.74) is 1.31. The summed E-state index contributed by atoms with van der Waals surface area (Å²) in [4.78, 5) is 4.48. The van der Waals surface area contributed by atoms with Gasteiger partial charge in [0.1, 0.15) is 19.6 Å². The number of benzene rings is 1. The summed E-state index contributed by atoms with van der Waals surface area (Å²) in [7, 11) is 0. The first-order valence-electron chi connectivity index (χ1n) is 5.79. The fraction of sp³-hybridized carbons (Fsp3) is 0.462. The van der Waals surface area contributed by atoms with E-state index in [2.05, 4.69) is 36.2 Å². The smallest absolute Gasteiger partial charge is 0.195 e.